The molecule has 0 aromatic rings. The maximum atomic E-state index is 11.6. The van der Waals surface area contributed by atoms with Crippen LogP contribution >= 0.6 is 0 Å². The molecule has 0 bridgehead atoms. The van der Waals surface area contributed by atoms with Crippen LogP contribution in [0.15, 0.2) is 0 Å². The molecule has 0 aromatic heterocycles. The van der Waals surface area contributed by atoms with E-state index in [0.29, 0.717) is 12.8 Å². The Morgan fingerprint density at radius 2 is 1.88 bits per heavy atom. The fraction of sp³-hybridized carbons (Fsp3) is 0.933. The summed E-state index contributed by atoms with van der Waals surface area (Å²) in [5.41, 5.74) is 0. The van der Waals surface area contributed by atoms with Crippen LogP contribution in [0.1, 0.15) is 33.1 Å². The van der Waals surface area contributed by atoms with Crippen LogP contribution in [0.5, 0.6) is 0 Å². The second-order valence-corrected chi connectivity index (χ2v) is 5.91. The molecule has 4 unspecified atom stereocenters. The molecule has 0 spiro atoms. The number of hydrogen-bond acceptors (Lipinski definition) is 8. The second kappa shape index (κ2) is 10.2. The number of carbonyl (C=O) groups is 1. The molecule has 0 aliphatic carbocycles. The summed E-state index contributed by atoms with van der Waals surface area (Å²) < 4.78 is 10.6. The third-order valence-electron chi connectivity index (χ3n) is 4.00. The summed E-state index contributed by atoms with van der Waals surface area (Å²) >= 11 is 0. The summed E-state index contributed by atoms with van der Waals surface area (Å²) in [6.07, 6.45) is -6.32. The quantitative estimate of drug-likeness (QED) is 0.276. The topological polar surface area (TPSA) is 149 Å². The lowest BCUT2D eigenvalue weighted by molar-refractivity contribution is -0.302. The highest BCUT2D eigenvalue weighted by Gasteiger charge is 2.44. The number of amides is 1. The molecule has 1 amide bonds. The van der Waals surface area contributed by atoms with Crippen molar-refractivity contribution < 1.29 is 39.8 Å². The van der Waals surface area contributed by atoms with Crippen LogP contribution < -0.4 is 5.32 Å². The van der Waals surface area contributed by atoms with Crippen molar-refractivity contribution in [3.8, 4) is 0 Å². The van der Waals surface area contributed by atoms with Gasteiger partial charge in [0, 0.05) is 6.42 Å². The number of aliphatic hydroxyl groups excluding tert-OH is 5. The van der Waals surface area contributed by atoms with Gasteiger partial charge in [0.2, 0.25) is 5.91 Å². The van der Waals surface area contributed by atoms with Crippen LogP contribution in [0.25, 0.3) is 0 Å². The number of carbonyl (C=O) groups excluding carboxylic acids is 1. The van der Waals surface area contributed by atoms with Crippen molar-refractivity contribution in [2.75, 3.05) is 13.2 Å². The van der Waals surface area contributed by atoms with E-state index in [1.807, 2.05) is 6.92 Å². The minimum Gasteiger partial charge on any atom is -0.394 e. The van der Waals surface area contributed by atoms with E-state index in [9.17, 15) is 25.2 Å². The van der Waals surface area contributed by atoms with Gasteiger partial charge in [-0.05, 0) is 6.42 Å². The van der Waals surface area contributed by atoms with Gasteiger partial charge in [-0.15, -0.1) is 0 Å². The van der Waals surface area contributed by atoms with Gasteiger partial charge in [0.05, 0.1) is 25.4 Å². The van der Waals surface area contributed by atoms with E-state index >= 15 is 0 Å². The van der Waals surface area contributed by atoms with Crippen molar-refractivity contribution in [2.45, 2.75) is 76.0 Å². The average Bonchev–Trinajstić information content (AvgIpc) is 2.57. The van der Waals surface area contributed by atoms with Gasteiger partial charge in [-0.25, -0.2) is 0 Å². The molecule has 0 radical (unpaired) electrons. The highest BCUT2D eigenvalue weighted by Crippen LogP contribution is 2.22. The first-order valence-corrected chi connectivity index (χ1v) is 8.25. The number of aliphatic hydroxyl groups is 5. The standard InChI is InChI=1S/C15H29NO8/c1-3-5-9(18)8(16-11(19)4-2)7-23-15-14(22)13(21)12(20)10(6-17)24-15/h8-10,12-15,17-18,20-22H,3-7H2,1-2H3,(H,16,19)/t8?,9?,10?,12-,13+,14?,15-/m0/s1. The normalized spacial score (nSPS) is 33.0. The number of hydrogen-bond donors (Lipinski definition) is 6. The summed E-state index contributed by atoms with van der Waals surface area (Å²) in [5.74, 6) is -0.257. The van der Waals surface area contributed by atoms with Gasteiger partial charge in [-0.2, -0.15) is 0 Å². The zero-order valence-corrected chi connectivity index (χ0v) is 14.0. The maximum Gasteiger partial charge on any atom is 0.220 e. The average molecular weight is 351 g/mol. The molecule has 9 heteroatoms. The van der Waals surface area contributed by atoms with E-state index < -0.39 is 49.5 Å². The summed E-state index contributed by atoms with van der Waals surface area (Å²) in [5, 5.41) is 51.2. The van der Waals surface area contributed by atoms with Crippen LogP contribution in [0.2, 0.25) is 0 Å². The lowest BCUT2D eigenvalue weighted by Gasteiger charge is -2.40. The Morgan fingerprint density at radius 1 is 1.21 bits per heavy atom. The minimum absolute atomic E-state index is 0.157. The van der Waals surface area contributed by atoms with E-state index in [2.05, 4.69) is 5.32 Å². The molecule has 0 saturated carbocycles. The molecule has 1 rings (SSSR count). The Bertz CT molecular complexity index is 380. The summed E-state index contributed by atoms with van der Waals surface area (Å²) in [7, 11) is 0. The fourth-order valence-corrected chi connectivity index (χ4v) is 2.46. The van der Waals surface area contributed by atoms with Gasteiger partial charge in [0.25, 0.3) is 0 Å². The molecule has 0 aromatic carbocycles. The van der Waals surface area contributed by atoms with Crippen molar-refractivity contribution in [1.29, 1.82) is 0 Å². The molecule has 1 aliphatic heterocycles. The van der Waals surface area contributed by atoms with Crippen LogP contribution in [0.3, 0.4) is 0 Å². The SMILES string of the molecule is CCCC(O)C(CO[C@H]1OC(CO)[C@H](O)[C@@H](O)C1O)NC(=O)CC. The lowest BCUT2D eigenvalue weighted by atomic mass is 9.99. The van der Waals surface area contributed by atoms with Crippen molar-refractivity contribution in [2.24, 2.45) is 0 Å². The van der Waals surface area contributed by atoms with Gasteiger partial charge in [0.15, 0.2) is 6.29 Å². The van der Waals surface area contributed by atoms with Gasteiger partial charge in [0.1, 0.15) is 24.4 Å². The fourth-order valence-electron chi connectivity index (χ4n) is 2.46. The van der Waals surface area contributed by atoms with Crippen molar-refractivity contribution in [3.63, 3.8) is 0 Å². The Hall–Kier alpha value is -0.810. The third kappa shape index (κ3) is 5.62. The molecule has 142 valence electrons. The van der Waals surface area contributed by atoms with Crippen molar-refractivity contribution in [1.82, 2.24) is 5.32 Å². The molecule has 1 saturated heterocycles. The van der Waals surface area contributed by atoms with E-state index in [4.69, 9.17) is 14.6 Å². The number of ether oxygens (including phenoxy) is 2. The molecular formula is C15H29NO8. The van der Waals surface area contributed by atoms with Crippen LogP contribution in [-0.2, 0) is 14.3 Å². The molecule has 9 nitrogen and oxygen atoms in total. The summed E-state index contributed by atoms with van der Waals surface area (Å²) in [6.45, 7) is 2.85. The Kier molecular flexibility index (Phi) is 9.06. The van der Waals surface area contributed by atoms with E-state index in [0.717, 1.165) is 0 Å². The molecule has 1 heterocycles. The number of rotatable bonds is 9. The smallest absolute Gasteiger partial charge is 0.220 e. The van der Waals surface area contributed by atoms with Crippen LogP contribution in [-0.4, -0.2) is 87.5 Å². The van der Waals surface area contributed by atoms with Gasteiger partial charge in [-0.1, -0.05) is 20.3 Å². The summed E-state index contributed by atoms with van der Waals surface area (Å²) in [6, 6.07) is -0.704. The summed E-state index contributed by atoms with van der Waals surface area (Å²) in [4.78, 5) is 11.6. The Balaban J connectivity index is 2.68. The Labute approximate surface area is 141 Å². The van der Waals surface area contributed by atoms with Crippen LogP contribution in [0.4, 0.5) is 0 Å². The predicted molar refractivity (Wildman–Crippen MR) is 82.9 cm³/mol. The van der Waals surface area contributed by atoms with Crippen molar-refractivity contribution in [3.05, 3.63) is 0 Å². The second-order valence-electron chi connectivity index (χ2n) is 5.91. The van der Waals surface area contributed by atoms with E-state index in [1.165, 1.54) is 0 Å². The van der Waals surface area contributed by atoms with Crippen LogP contribution in [0, 0.1) is 0 Å². The molecule has 6 N–H and O–H groups in total. The zero-order valence-electron chi connectivity index (χ0n) is 14.0. The lowest BCUT2D eigenvalue weighted by Crippen LogP contribution is -2.60. The number of nitrogens with one attached hydrogen (secondary N) is 1. The maximum absolute atomic E-state index is 11.6. The molecule has 24 heavy (non-hydrogen) atoms. The van der Waals surface area contributed by atoms with Gasteiger partial charge < -0.3 is 40.3 Å². The van der Waals surface area contributed by atoms with Gasteiger partial charge >= 0.3 is 0 Å². The highest BCUT2D eigenvalue weighted by atomic mass is 16.7. The zero-order chi connectivity index (χ0) is 18.3. The first-order valence-electron chi connectivity index (χ1n) is 8.25. The molecule has 1 aliphatic rings. The van der Waals surface area contributed by atoms with Gasteiger partial charge in [-0.3, -0.25) is 4.79 Å². The van der Waals surface area contributed by atoms with E-state index in [1.54, 1.807) is 6.92 Å². The largest absolute Gasteiger partial charge is 0.394 e. The first-order chi connectivity index (χ1) is 11.3. The minimum atomic E-state index is -1.54. The molecule has 7 atom stereocenters. The Morgan fingerprint density at radius 3 is 2.42 bits per heavy atom. The third-order valence-corrected chi connectivity index (χ3v) is 4.00. The molecule has 1 fully saturated rings. The first kappa shape index (κ1) is 21.2. The highest BCUT2D eigenvalue weighted by molar-refractivity contribution is 5.75. The van der Waals surface area contributed by atoms with E-state index in [-0.39, 0.29) is 18.9 Å². The monoisotopic (exact) mass is 351 g/mol. The molecular weight excluding hydrogens is 322 g/mol. The van der Waals surface area contributed by atoms with Crippen molar-refractivity contribution >= 4 is 5.91 Å². The predicted octanol–water partition coefficient (Wildman–Crippen LogP) is -2.14.